The molecular weight excluding hydrogens is 274 g/mol. The fourth-order valence-electron chi connectivity index (χ4n) is 2.15. The van der Waals surface area contributed by atoms with Gasteiger partial charge in [0.1, 0.15) is 0 Å². The lowest BCUT2D eigenvalue weighted by Gasteiger charge is -2.36. The molecule has 20 heavy (non-hydrogen) atoms. The van der Waals surface area contributed by atoms with Crippen molar-refractivity contribution in [1.82, 2.24) is 4.90 Å². The number of β-amino-alcohol motifs (C(OH)–C–C–N with tert-alkyl or cyclic N) is 2. The summed E-state index contributed by atoms with van der Waals surface area (Å²) in [6.45, 7) is 4.29. The molecule has 0 fully saturated rings. The highest BCUT2D eigenvalue weighted by Gasteiger charge is 2.34. The minimum atomic E-state index is -0.758. The van der Waals surface area contributed by atoms with Crippen LogP contribution in [-0.4, -0.2) is 59.0 Å². The van der Waals surface area contributed by atoms with Crippen molar-refractivity contribution in [3.05, 3.63) is 29.8 Å². The van der Waals surface area contributed by atoms with Gasteiger partial charge in [-0.15, -0.1) is 11.8 Å². The number of hydrogen-bond acceptors (Lipinski definition) is 5. The van der Waals surface area contributed by atoms with Gasteiger partial charge in [-0.1, -0.05) is 12.1 Å². The first-order chi connectivity index (χ1) is 9.47. The summed E-state index contributed by atoms with van der Waals surface area (Å²) >= 11 is 1.63. The number of carbonyl (C=O) groups excluding carboxylic acids is 1. The number of ketones is 1. The second kappa shape index (κ2) is 7.78. The summed E-state index contributed by atoms with van der Waals surface area (Å²) in [4.78, 5) is 15.6. The van der Waals surface area contributed by atoms with Gasteiger partial charge in [-0.3, -0.25) is 9.69 Å². The fraction of sp³-hybridized carbons (Fsp3) is 0.533. The normalized spacial score (nSPS) is 11.9. The van der Waals surface area contributed by atoms with Gasteiger partial charge in [0, 0.05) is 23.5 Å². The first-order valence-electron chi connectivity index (χ1n) is 6.63. The van der Waals surface area contributed by atoms with Gasteiger partial charge in [-0.05, 0) is 32.2 Å². The molecule has 0 radical (unpaired) electrons. The molecule has 2 N–H and O–H groups in total. The van der Waals surface area contributed by atoms with Gasteiger partial charge in [0.2, 0.25) is 0 Å². The summed E-state index contributed by atoms with van der Waals surface area (Å²) in [6.07, 6.45) is 1.99. The summed E-state index contributed by atoms with van der Waals surface area (Å²) in [5.41, 5.74) is -0.111. The van der Waals surface area contributed by atoms with Crippen molar-refractivity contribution in [2.75, 3.05) is 32.6 Å². The molecule has 0 aliphatic heterocycles. The van der Waals surface area contributed by atoms with Crippen molar-refractivity contribution >= 4 is 17.5 Å². The third-order valence-corrected chi connectivity index (χ3v) is 4.18. The smallest absolute Gasteiger partial charge is 0.182 e. The molecule has 0 aliphatic rings. The zero-order valence-corrected chi connectivity index (χ0v) is 13.1. The van der Waals surface area contributed by atoms with Gasteiger partial charge >= 0.3 is 0 Å². The Kier molecular flexibility index (Phi) is 6.68. The molecule has 0 atom stereocenters. The van der Waals surface area contributed by atoms with Crippen LogP contribution >= 0.6 is 11.8 Å². The molecule has 5 heteroatoms. The maximum atomic E-state index is 12.6. The van der Waals surface area contributed by atoms with Crippen LogP contribution < -0.4 is 0 Å². The van der Waals surface area contributed by atoms with Gasteiger partial charge < -0.3 is 10.2 Å². The molecule has 0 saturated carbocycles. The van der Waals surface area contributed by atoms with Crippen LogP contribution in [0, 0.1) is 0 Å². The van der Waals surface area contributed by atoms with Gasteiger partial charge in [0.15, 0.2) is 5.78 Å². The van der Waals surface area contributed by atoms with Crippen LogP contribution in [0.15, 0.2) is 29.2 Å². The summed E-state index contributed by atoms with van der Waals surface area (Å²) in [7, 11) is 0. The first-order valence-corrected chi connectivity index (χ1v) is 7.85. The zero-order valence-electron chi connectivity index (χ0n) is 12.3. The van der Waals surface area contributed by atoms with Crippen LogP contribution in [0.3, 0.4) is 0 Å². The second-order valence-electron chi connectivity index (χ2n) is 5.05. The van der Waals surface area contributed by atoms with Crippen molar-refractivity contribution in [2.45, 2.75) is 24.3 Å². The van der Waals surface area contributed by atoms with E-state index in [1.807, 2.05) is 44.4 Å². The van der Waals surface area contributed by atoms with E-state index in [1.54, 1.807) is 16.7 Å². The quantitative estimate of drug-likeness (QED) is 0.564. The average molecular weight is 297 g/mol. The largest absolute Gasteiger partial charge is 0.395 e. The predicted molar refractivity (Wildman–Crippen MR) is 82.4 cm³/mol. The Bertz CT molecular complexity index is 425. The van der Waals surface area contributed by atoms with E-state index in [0.29, 0.717) is 18.7 Å². The number of aliphatic hydroxyl groups is 2. The molecule has 1 aromatic carbocycles. The lowest BCUT2D eigenvalue weighted by molar-refractivity contribution is 0.0516. The van der Waals surface area contributed by atoms with Gasteiger partial charge in [0.25, 0.3) is 0 Å². The highest BCUT2D eigenvalue weighted by atomic mass is 32.2. The molecule has 0 amide bonds. The fourth-order valence-corrected chi connectivity index (χ4v) is 2.56. The molecule has 1 aromatic rings. The van der Waals surface area contributed by atoms with Gasteiger partial charge in [0.05, 0.1) is 18.8 Å². The van der Waals surface area contributed by atoms with E-state index in [0.717, 1.165) is 4.90 Å². The van der Waals surface area contributed by atoms with E-state index in [9.17, 15) is 4.79 Å². The Balaban J connectivity index is 2.95. The topological polar surface area (TPSA) is 60.8 Å². The molecule has 0 aromatic heterocycles. The number of thioether (sulfide) groups is 1. The number of carbonyl (C=O) groups is 1. The van der Waals surface area contributed by atoms with Crippen LogP contribution in [0.1, 0.15) is 24.2 Å². The van der Waals surface area contributed by atoms with Gasteiger partial charge in [-0.2, -0.15) is 0 Å². The number of aliphatic hydroxyl groups excluding tert-OH is 2. The van der Waals surface area contributed by atoms with E-state index >= 15 is 0 Å². The molecule has 0 unspecified atom stereocenters. The molecule has 1 rings (SSSR count). The van der Waals surface area contributed by atoms with Crippen LogP contribution in [0.2, 0.25) is 0 Å². The molecule has 0 bridgehead atoms. The van der Waals surface area contributed by atoms with Crippen molar-refractivity contribution < 1.29 is 15.0 Å². The standard InChI is InChI=1S/C15H23NO3S/c1-15(2,16(8-10-17)9-11-18)14(19)12-4-6-13(20-3)7-5-12/h4-7,17-18H,8-11H2,1-3H3. The summed E-state index contributed by atoms with van der Waals surface area (Å²) in [6, 6.07) is 7.50. The maximum Gasteiger partial charge on any atom is 0.182 e. The van der Waals surface area contributed by atoms with Crippen LogP contribution in [-0.2, 0) is 0 Å². The van der Waals surface area contributed by atoms with Crippen LogP contribution in [0.4, 0.5) is 0 Å². The molecule has 0 aliphatic carbocycles. The minimum absolute atomic E-state index is 0.00736. The molecular formula is C15H23NO3S. The highest BCUT2D eigenvalue weighted by molar-refractivity contribution is 7.98. The van der Waals surface area contributed by atoms with Gasteiger partial charge in [-0.25, -0.2) is 0 Å². The van der Waals surface area contributed by atoms with Crippen molar-refractivity contribution in [3.63, 3.8) is 0 Å². The predicted octanol–water partition coefficient (Wildman–Crippen LogP) is 1.66. The maximum absolute atomic E-state index is 12.6. The first kappa shape index (κ1) is 17.2. The lowest BCUT2D eigenvalue weighted by Crippen LogP contribution is -2.52. The van der Waals surface area contributed by atoms with E-state index in [4.69, 9.17) is 10.2 Å². The SMILES string of the molecule is CSc1ccc(C(=O)C(C)(C)N(CCO)CCO)cc1. The monoisotopic (exact) mass is 297 g/mol. The summed E-state index contributed by atoms with van der Waals surface area (Å²) < 4.78 is 0. The average Bonchev–Trinajstić information content (AvgIpc) is 2.46. The molecule has 0 heterocycles. The Morgan fingerprint density at radius 3 is 2.05 bits per heavy atom. The van der Waals surface area contributed by atoms with Crippen molar-refractivity contribution in [3.8, 4) is 0 Å². The second-order valence-corrected chi connectivity index (χ2v) is 5.93. The van der Waals surface area contributed by atoms with E-state index in [1.165, 1.54) is 0 Å². The van der Waals surface area contributed by atoms with Crippen molar-refractivity contribution in [2.24, 2.45) is 0 Å². The summed E-state index contributed by atoms with van der Waals surface area (Å²) in [5, 5.41) is 18.2. The molecule has 112 valence electrons. The zero-order chi connectivity index (χ0) is 15.2. The summed E-state index contributed by atoms with van der Waals surface area (Å²) in [5.74, 6) is -0.00736. The third-order valence-electron chi connectivity index (χ3n) is 3.44. The minimum Gasteiger partial charge on any atom is -0.395 e. The van der Waals surface area contributed by atoms with Crippen LogP contribution in [0.25, 0.3) is 0 Å². The number of rotatable bonds is 8. The Hall–Kier alpha value is -0.880. The molecule has 0 spiro atoms. The van der Waals surface area contributed by atoms with E-state index < -0.39 is 5.54 Å². The Morgan fingerprint density at radius 2 is 1.65 bits per heavy atom. The number of nitrogens with zero attached hydrogens (tertiary/aromatic N) is 1. The molecule has 4 nitrogen and oxygen atoms in total. The third kappa shape index (κ3) is 4.06. The van der Waals surface area contributed by atoms with E-state index in [-0.39, 0.29) is 19.0 Å². The Labute approximate surface area is 124 Å². The van der Waals surface area contributed by atoms with Crippen molar-refractivity contribution in [1.29, 1.82) is 0 Å². The van der Waals surface area contributed by atoms with Crippen LogP contribution in [0.5, 0.6) is 0 Å². The van der Waals surface area contributed by atoms with E-state index in [2.05, 4.69) is 0 Å². The molecule has 0 saturated heterocycles. The highest BCUT2D eigenvalue weighted by Crippen LogP contribution is 2.22. The Morgan fingerprint density at radius 1 is 1.15 bits per heavy atom. The number of Topliss-reactive ketones (excluding diaryl/α,β-unsaturated/α-hetero) is 1. The number of benzene rings is 1. The lowest BCUT2D eigenvalue weighted by atomic mass is 9.91. The number of hydrogen-bond donors (Lipinski definition) is 2.